The number of benzene rings is 1. The van der Waals surface area contributed by atoms with E-state index in [1.807, 2.05) is 36.8 Å². The summed E-state index contributed by atoms with van der Waals surface area (Å²) in [7, 11) is 0. The molecular formula is C15H13Cl2O2S. The van der Waals surface area contributed by atoms with Crippen LogP contribution < -0.4 is 0 Å². The van der Waals surface area contributed by atoms with Gasteiger partial charge in [0.25, 0.3) is 0 Å². The van der Waals surface area contributed by atoms with Crippen LogP contribution in [-0.4, -0.2) is 11.9 Å². The molecule has 0 saturated carbocycles. The first kappa shape index (κ1) is 15.5. The van der Waals surface area contributed by atoms with Crippen molar-refractivity contribution in [3.63, 3.8) is 0 Å². The number of hydrogen-bond acceptors (Lipinski definition) is 3. The zero-order valence-corrected chi connectivity index (χ0v) is 13.2. The second-order valence-electron chi connectivity index (χ2n) is 4.17. The van der Waals surface area contributed by atoms with Crippen LogP contribution in [0.3, 0.4) is 0 Å². The Labute approximate surface area is 132 Å². The second-order valence-corrected chi connectivity index (χ2v) is 5.95. The van der Waals surface area contributed by atoms with E-state index in [4.69, 9.17) is 27.9 Å². The summed E-state index contributed by atoms with van der Waals surface area (Å²) in [5.74, 6) is 0.0470. The molecule has 105 valence electrons. The summed E-state index contributed by atoms with van der Waals surface area (Å²) >= 11 is 13.7. The van der Waals surface area contributed by atoms with Crippen LogP contribution in [0.2, 0.25) is 0 Å². The molecule has 2 nitrogen and oxygen atoms in total. The zero-order chi connectivity index (χ0) is 14.5. The highest BCUT2D eigenvalue weighted by molar-refractivity contribution is 7.99. The second kappa shape index (κ2) is 7.21. The minimum atomic E-state index is -0.273. The van der Waals surface area contributed by atoms with Crippen molar-refractivity contribution in [3.05, 3.63) is 52.4 Å². The summed E-state index contributed by atoms with van der Waals surface area (Å²) in [4.78, 5) is 11.7. The summed E-state index contributed by atoms with van der Waals surface area (Å²) in [6.45, 7) is 1.40. The molecule has 1 aromatic carbocycles. The summed E-state index contributed by atoms with van der Waals surface area (Å²) in [6.07, 6.45) is 4.58. The molecule has 5 heteroatoms. The van der Waals surface area contributed by atoms with Crippen LogP contribution in [0.1, 0.15) is 18.9 Å². The van der Waals surface area contributed by atoms with Crippen molar-refractivity contribution in [1.82, 2.24) is 0 Å². The minimum absolute atomic E-state index is 0.273. The maximum atomic E-state index is 10.7. The first-order valence-corrected chi connectivity index (χ1v) is 7.76. The third-order valence-electron chi connectivity index (χ3n) is 2.75. The highest BCUT2D eigenvalue weighted by atomic mass is 35.5. The fourth-order valence-electron chi connectivity index (χ4n) is 1.76. The summed E-state index contributed by atoms with van der Waals surface area (Å²) in [5, 5.41) is 1.18. The Hall–Kier alpha value is -0.900. The smallest absolute Gasteiger partial charge is 0.303 e. The Kier molecular flexibility index (Phi) is 5.58. The molecule has 1 aromatic rings. The lowest BCUT2D eigenvalue weighted by Crippen LogP contribution is -1.97. The van der Waals surface area contributed by atoms with Gasteiger partial charge in [-0.3, -0.25) is 4.79 Å². The van der Waals surface area contributed by atoms with Gasteiger partial charge >= 0.3 is 5.97 Å². The molecule has 0 fully saturated rings. The number of rotatable bonds is 4. The van der Waals surface area contributed by atoms with Crippen LogP contribution in [0.5, 0.6) is 0 Å². The molecule has 2 rings (SSSR count). The van der Waals surface area contributed by atoms with E-state index in [1.54, 1.807) is 0 Å². The average Bonchev–Trinajstić information content (AvgIpc) is 2.42. The maximum absolute atomic E-state index is 10.7. The van der Waals surface area contributed by atoms with E-state index in [0.29, 0.717) is 16.0 Å². The Bertz CT molecular complexity index is 562. The van der Waals surface area contributed by atoms with Gasteiger partial charge in [-0.1, -0.05) is 53.2 Å². The molecule has 0 N–H and O–H groups in total. The van der Waals surface area contributed by atoms with Gasteiger partial charge in [-0.2, -0.15) is 0 Å². The van der Waals surface area contributed by atoms with Gasteiger partial charge in [0.2, 0.25) is 0 Å². The van der Waals surface area contributed by atoms with E-state index in [0.717, 1.165) is 22.5 Å². The number of carbonyl (C=O) groups excluding carboxylic acids is 1. The maximum Gasteiger partial charge on any atom is 0.303 e. The standard InChI is InChI=1S/C15H13Cl2O2S/c1-10(18)19-9-20-12-7-5-11(6-8-12)13-3-2-4-14(16)15(13)17/h2,4-8H,3,9H2,1H3. The first-order valence-electron chi connectivity index (χ1n) is 6.02. The van der Waals surface area contributed by atoms with E-state index in [2.05, 4.69) is 0 Å². The van der Waals surface area contributed by atoms with Crippen molar-refractivity contribution in [1.29, 1.82) is 0 Å². The van der Waals surface area contributed by atoms with Crippen molar-refractivity contribution in [2.24, 2.45) is 0 Å². The molecule has 0 aromatic heterocycles. The zero-order valence-electron chi connectivity index (χ0n) is 10.9. The molecule has 0 heterocycles. The van der Waals surface area contributed by atoms with Crippen molar-refractivity contribution in [2.45, 2.75) is 18.2 Å². The van der Waals surface area contributed by atoms with E-state index < -0.39 is 0 Å². The highest BCUT2D eigenvalue weighted by Crippen LogP contribution is 2.36. The van der Waals surface area contributed by atoms with Crippen LogP contribution in [0.15, 0.2) is 45.3 Å². The Morgan fingerprint density at radius 3 is 2.65 bits per heavy atom. The molecule has 0 aliphatic heterocycles. The minimum Gasteiger partial charge on any atom is -0.454 e. The van der Waals surface area contributed by atoms with Gasteiger partial charge in [-0.25, -0.2) is 0 Å². The Balaban J connectivity index is 2.07. The highest BCUT2D eigenvalue weighted by Gasteiger charge is 2.14. The molecule has 1 aliphatic rings. The van der Waals surface area contributed by atoms with Crippen molar-refractivity contribution >= 4 is 46.5 Å². The molecule has 0 amide bonds. The van der Waals surface area contributed by atoms with Crippen LogP contribution in [0.25, 0.3) is 5.57 Å². The third-order valence-corrected chi connectivity index (χ3v) is 4.44. The number of thioether (sulfide) groups is 1. The molecule has 20 heavy (non-hydrogen) atoms. The summed E-state index contributed by atoms with van der Waals surface area (Å²) in [5.41, 5.74) is 2.07. The van der Waals surface area contributed by atoms with Gasteiger partial charge in [0.1, 0.15) is 5.94 Å². The molecule has 0 saturated heterocycles. The van der Waals surface area contributed by atoms with Gasteiger partial charge in [-0.15, -0.1) is 0 Å². The van der Waals surface area contributed by atoms with E-state index in [1.165, 1.54) is 18.7 Å². The van der Waals surface area contributed by atoms with Crippen LogP contribution in [0, 0.1) is 6.42 Å². The number of ether oxygens (including phenoxy) is 1. The predicted molar refractivity (Wildman–Crippen MR) is 84.6 cm³/mol. The SMILES string of the molecule is CC(=O)OCSc1ccc(C2=C(Cl)C(Cl)=C[CH]C2)cc1. The number of hydrogen-bond donors (Lipinski definition) is 0. The number of esters is 1. The first-order chi connectivity index (χ1) is 9.58. The lowest BCUT2D eigenvalue weighted by molar-refractivity contribution is -0.138. The Morgan fingerprint density at radius 1 is 1.30 bits per heavy atom. The number of carbonyl (C=O) groups is 1. The van der Waals surface area contributed by atoms with Gasteiger partial charge in [0.05, 0.1) is 10.1 Å². The third kappa shape index (κ3) is 4.05. The van der Waals surface area contributed by atoms with E-state index >= 15 is 0 Å². The van der Waals surface area contributed by atoms with Crippen LogP contribution in [-0.2, 0) is 9.53 Å². The van der Waals surface area contributed by atoms with Gasteiger partial charge in [-0.05, 0) is 36.1 Å². The quantitative estimate of drug-likeness (QED) is 0.443. The van der Waals surface area contributed by atoms with Gasteiger partial charge < -0.3 is 4.74 Å². The topological polar surface area (TPSA) is 26.3 Å². The summed E-state index contributed by atoms with van der Waals surface area (Å²) < 4.78 is 4.89. The van der Waals surface area contributed by atoms with Crippen molar-refractivity contribution in [3.8, 4) is 0 Å². The molecule has 0 atom stereocenters. The van der Waals surface area contributed by atoms with Crippen molar-refractivity contribution < 1.29 is 9.53 Å². The van der Waals surface area contributed by atoms with Crippen LogP contribution in [0.4, 0.5) is 0 Å². The van der Waals surface area contributed by atoms with E-state index in [-0.39, 0.29) is 5.97 Å². The molecule has 1 radical (unpaired) electrons. The fraction of sp³-hybridized carbons (Fsp3) is 0.200. The predicted octanol–water partition coefficient (Wildman–Crippen LogP) is 4.98. The van der Waals surface area contributed by atoms with Crippen molar-refractivity contribution in [2.75, 3.05) is 5.94 Å². The molecule has 0 bridgehead atoms. The lowest BCUT2D eigenvalue weighted by atomic mass is 9.97. The van der Waals surface area contributed by atoms with Gasteiger partial charge in [0.15, 0.2) is 0 Å². The summed E-state index contributed by atoms with van der Waals surface area (Å²) in [6, 6.07) is 7.95. The number of allylic oxidation sites excluding steroid dienone is 4. The molecule has 0 spiro atoms. The molecule has 0 unspecified atom stereocenters. The number of halogens is 2. The van der Waals surface area contributed by atoms with Crippen LogP contribution >= 0.6 is 35.0 Å². The molecular weight excluding hydrogens is 315 g/mol. The molecule has 1 aliphatic carbocycles. The van der Waals surface area contributed by atoms with E-state index in [9.17, 15) is 4.79 Å². The lowest BCUT2D eigenvalue weighted by Gasteiger charge is -2.14. The normalized spacial score (nSPS) is 15.1. The monoisotopic (exact) mass is 327 g/mol. The largest absolute Gasteiger partial charge is 0.454 e. The Morgan fingerprint density at radius 2 is 2.00 bits per heavy atom. The average molecular weight is 328 g/mol. The van der Waals surface area contributed by atoms with Gasteiger partial charge in [0, 0.05) is 11.8 Å². The fourth-order valence-corrected chi connectivity index (χ4v) is 2.91.